The van der Waals surface area contributed by atoms with E-state index in [1.54, 1.807) is 6.08 Å². The zero-order valence-electron chi connectivity index (χ0n) is 17.1. The normalized spacial score (nSPS) is 11.3. The quantitative estimate of drug-likeness (QED) is 0.326. The molecule has 0 amide bonds. The number of allylic oxidation sites excluding steroid dienone is 3. The first-order valence-corrected chi connectivity index (χ1v) is 10.1. The molecule has 0 heterocycles. The van der Waals surface area contributed by atoms with Gasteiger partial charge in [0.2, 0.25) is 0 Å². The summed E-state index contributed by atoms with van der Waals surface area (Å²) in [7, 11) is 0. The number of rotatable bonds is 8. The second-order valence-electron chi connectivity index (χ2n) is 7.17. The Kier molecular flexibility index (Phi) is 7.70. The fraction of sp³-hybridized carbons (Fsp3) is 0.107. The van der Waals surface area contributed by atoms with Crippen LogP contribution in [0.4, 0.5) is 0 Å². The van der Waals surface area contributed by atoms with E-state index in [1.807, 2.05) is 109 Å². The highest BCUT2D eigenvalue weighted by Gasteiger charge is 2.20. The molecule has 1 atom stereocenters. The van der Waals surface area contributed by atoms with Gasteiger partial charge in [0, 0.05) is 6.42 Å². The first-order valence-electron chi connectivity index (χ1n) is 10.1. The minimum absolute atomic E-state index is 0.000540. The van der Waals surface area contributed by atoms with Crippen molar-refractivity contribution in [2.45, 2.75) is 18.8 Å². The van der Waals surface area contributed by atoms with Crippen LogP contribution in [0.15, 0.2) is 103 Å². The van der Waals surface area contributed by atoms with Gasteiger partial charge in [0.05, 0.1) is 0 Å². The molecule has 31 heavy (non-hydrogen) atoms. The van der Waals surface area contributed by atoms with Crippen LogP contribution in [-0.4, -0.2) is 5.78 Å². The topological polar surface area (TPSA) is 64.7 Å². The van der Waals surface area contributed by atoms with Crippen molar-refractivity contribution in [3.63, 3.8) is 0 Å². The summed E-state index contributed by atoms with van der Waals surface area (Å²) in [6.45, 7) is 0. The second-order valence-corrected chi connectivity index (χ2v) is 7.17. The molecule has 0 radical (unpaired) electrons. The average Bonchev–Trinajstić information content (AvgIpc) is 2.84. The Morgan fingerprint density at radius 1 is 0.774 bits per heavy atom. The summed E-state index contributed by atoms with van der Waals surface area (Å²) >= 11 is 0. The van der Waals surface area contributed by atoms with Crippen LogP contribution < -0.4 is 0 Å². The Morgan fingerprint density at radius 3 is 1.90 bits per heavy atom. The molecule has 3 nitrogen and oxygen atoms in total. The van der Waals surface area contributed by atoms with Crippen molar-refractivity contribution in [3.8, 4) is 12.1 Å². The van der Waals surface area contributed by atoms with Crippen LogP contribution in [-0.2, 0) is 4.79 Å². The zero-order chi connectivity index (χ0) is 21.9. The molecule has 0 saturated heterocycles. The largest absolute Gasteiger partial charge is 0.295 e. The zero-order valence-corrected chi connectivity index (χ0v) is 17.1. The number of ketones is 1. The molecule has 3 rings (SSSR count). The lowest BCUT2D eigenvalue weighted by Gasteiger charge is -2.19. The number of nitrogens with zero attached hydrogens (tertiary/aromatic N) is 2. The highest BCUT2D eigenvalue weighted by atomic mass is 16.1. The molecule has 0 aliphatic rings. The summed E-state index contributed by atoms with van der Waals surface area (Å²) in [6.07, 6.45) is 4.13. The number of benzene rings is 3. The molecule has 0 aliphatic heterocycles. The minimum atomic E-state index is -0.152. The van der Waals surface area contributed by atoms with Gasteiger partial charge in [0.25, 0.3) is 0 Å². The van der Waals surface area contributed by atoms with Crippen molar-refractivity contribution in [1.29, 1.82) is 10.5 Å². The van der Waals surface area contributed by atoms with Crippen LogP contribution in [0.1, 0.15) is 35.4 Å². The van der Waals surface area contributed by atoms with Crippen LogP contribution >= 0.6 is 0 Å². The summed E-state index contributed by atoms with van der Waals surface area (Å²) < 4.78 is 0. The van der Waals surface area contributed by atoms with E-state index >= 15 is 0 Å². The summed E-state index contributed by atoms with van der Waals surface area (Å²) in [5.74, 6) is -0.151. The minimum Gasteiger partial charge on any atom is -0.295 e. The van der Waals surface area contributed by atoms with Crippen molar-refractivity contribution < 1.29 is 4.79 Å². The van der Waals surface area contributed by atoms with Crippen molar-refractivity contribution in [2.24, 2.45) is 0 Å². The first kappa shape index (κ1) is 21.5. The van der Waals surface area contributed by atoms with Gasteiger partial charge in [-0.3, -0.25) is 4.79 Å². The molecule has 1 unspecified atom stereocenters. The maximum absolute atomic E-state index is 12.8. The number of hydrogen-bond donors (Lipinski definition) is 0. The molecule has 0 bridgehead atoms. The molecule has 3 aromatic rings. The first-order chi connectivity index (χ1) is 15.2. The maximum Gasteiger partial charge on any atom is 0.156 e. The van der Waals surface area contributed by atoms with E-state index in [4.69, 9.17) is 0 Å². The van der Waals surface area contributed by atoms with Gasteiger partial charge in [0.15, 0.2) is 5.78 Å². The molecule has 0 N–H and O–H groups in total. The molecule has 0 aliphatic carbocycles. The summed E-state index contributed by atoms with van der Waals surface area (Å²) in [5.41, 5.74) is 3.55. The van der Waals surface area contributed by atoms with E-state index in [2.05, 4.69) is 0 Å². The van der Waals surface area contributed by atoms with Gasteiger partial charge in [-0.15, -0.1) is 0 Å². The fourth-order valence-corrected chi connectivity index (χ4v) is 3.51. The van der Waals surface area contributed by atoms with E-state index in [0.29, 0.717) is 12.0 Å². The van der Waals surface area contributed by atoms with Crippen LogP contribution in [0, 0.1) is 22.7 Å². The van der Waals surface area contributed by atoms with E-state index in [9.17, 15) is 15.3 Å². The van der Waals surface area contributed by atoms with Crippen LogP contribution in [0.5, 0.6) is 0 Å². The van der Waals surface area contributed by atoms with E-state index < -0.39 is 0 Å². The van der Waals surface area contributed by atoms with Crippen LogP contribution in [0.2, 0.25) is 0 Å². The lowest BCUT2D eigenvalue weighted by molar-refractivity contribution is -0.114. The van der Waals surface area contributed by atoms with Gasteiger partial charge < -0.3 is 0 Å². The molecule has 0 saturated carbocycles. The standard InChI is InChI=1S/C28H22N2O/c29-20-26(21-30)28(24-14-8-3-9-15-24)19-25(23-12-6-2-7-13-23)18-27(31)17-16-22-10-4-1-5-11-22/h1-17,25H,18-19H2/b17-16+. The maximum atomic E-state index is 12.8. The molecule has 0 fully saturated rings. The Morgan fingerprint density at radius 2 is 1.32 bits per heavy atom. The monoisotopic (exact) mass is 402 g/mol. The van der Waals surface area contributed by atoms with Crippen molar-refractivity contribution in [1.82, 2.24) is 0 Å². The fourth-order valence-electron chi connectivity index (χ4n) is 3.51. The SMILES string of the molecule is N#CC(C#N)=C(CC(CC(=O)/C=C/c1ccccc1)c1ccccc1)c1ccccc1. The van der Waals surface area contributed by atoms with Gasteiger partial charge in [-0.1, -0.05) is 97.1 Å². The van der Waals surface area contributed by atoms with Gasteiger partial charge in [-0.05, 0) is 40.7 Å². The summed E-state index contributed by atoms with van der Waals surface area (Å²) in [4.78, 5) is 12.8. The van der Waals surface area contributed by atoms with Crippen LogP contribution in [0.25, 0.3) is 11.6 Å². The molecule has 3 aromatic carbocycles. The number of nitriles is 2. The van der Waals surface area contributed by atoms with Gasteiger partial charge in [-0.2, -0.15) is 10.5 Å². The number of hydrogen-bond acceptors (Lipinski definition) is 3. The van der Waals surface area contributed by atoms with Crippen molar-refractivity contribution in [2.75, 3.05) is 0 Å². The van der Waals surface area contributed by atoms with Crippen molar-refractivity contribution in [3.05, 3.63) is 119 Å². The van der Waals surface area contributed by atoms with Gasteiger partial charge in [-0.25, -0.2) is 0 Å². The predicted octanol–water partition coefficient (Wildman–Crippen LogP) is 6.33. The summed E-state index contributed by atoms with van der Waals surface area (Å²) in [6, 6.07) is 33.0. The van der Waals surface area contributed by atoms with E-state index in [1.165, 1.54) is 0 Å². The highest BCUT2D eigenvalue weighted by molar-refractivity contribution is 5.94. The van der Waals surface area contributed by atoms with E-state index in [0.717, 1.165) is 16.7 Å². The molecular formula is C28H22N2O. The average molecular weight is 402 g/mol. The lowest BCUT2D eigenvalue weighted by atomic mass is 9.84. The number of carbonyl (C=O) groups excluding carboxylic acids is 1. The Labute approximate surface area is 183 Å². The molecule has 3 heteroatoms. The van der Waals surface area contributed by atoms with Gasteiger partial charge in [0.1, 0.15) is 17.7 Å². The smallest absolute Gasteiger partial charge is 0.156 e. The highest BCUT2D eigenvalue weighted by Crippen LogP contribution is 2.34. The molecule has 150 valence electrons. The predicted molar refractivity (Wildman–Crippen MR) is 123 cm³/mol. The number of carbonyl (C=O) groups is 1. The van der Waals surface area contributed by atoms with E-state index in [-0.39, 0.29) is 23.7 Å². The molecule has 0 aromatic heterocycles. The lowest BCUT2D eigenvalue weighted by Crippen LogP contribution is -2.07. The van der Waals surface area contributed by atoms with Gasteiger partial charge >= 0.3 is 0 Å². The third-order valence-corrected chi connectivity index (χ3v) is 5.08. The molecular weight excluding hydrogens is 380 g/mol. The summed E-state index contributed by atoms with van der Waals surface area (Å²) in [5, 5.41) is 19.0. The Bertz CT molecular complexity index is 1130. The second kappa shape index (κ2) is 11.1. The Hall–Kier alpha value is -4.21. The molecule has 0 spiro atoms. The van der Waals surface area contributed by atoms with Crippen molar-refractivity contribution >= 4 is 17.4 Å². The third-order valence-electron chi connectivity index (χ3n) is 5.08. The third kappa shape index (κ3) is 6.13. The Balaban J connectivity index is 1.91. The van der Waals surface area contributed by atoms with Crippen LogP contribution in [0.3, 0.4) is 0 Å².